The van der Waals surface area contributed by atoms with Gasteiger partial charge in [-0.15, -0.1) is 0 Å². The summed E-state index contributed by atoms with van der Waals surface area (Å²) in [4.78, 5) is 0. The second kappa shape index (κ2) is 7.43. The van der Waals surface area contributed by atoms with Crippen molar-refractivity contribution in [2.24, 2.45) is 0 Å². The van der Waals surface area contributed by atoms with E-state index in [0.29, 0.717) is 0 Å². The number of hydrogen-bond donors (Lipinski definition) is 2. The van der Waals surface area contributed by atoms with Gasteiger partial charge in [0.1, 0.15) is 0 Å². The van der Waals surface area contributed by atoms with Crippen molar-refractivity contribution in [3.63, 3.8) is 0 Å². The molecule has 0 bridgehead atoms. The average molecular weight is 480 g/mol. The van der Waals surface area contributed by atoms with E-state index < -0.39 is 0 Å². The van der Waals surface area contributed by atoms with Crippen LogP contribution in [0.2, 0.25) is 0 Å². The summed E-state index contributed by atoms with van der Waals surface area (Å²) in [6.07, 6.45) is 4.80. The monoisotopic (exact) mass is 480 g/mol. The lowest BCUT2D eigenvalue weighted by atomic mass is 9.42. The highest BCUT2D eigenvalue weighted by molar-refractivity contribution is 6.96. The first-order chi connectivity index (χ1) is 18.8. The molecule has 2 N–H and O–H groups in total. The molecule has 0 aliphatic carbocycles. The Labute approximate surface area is 223 Å². The maximum Gasteiger partial charge on any atom is 0.322 e. The van der Waals surface area contributed by atoms with Crippen LogP contribution in [0.25, 0.3) is 45.4 Å². The van der Waals surface area contributed by atoms with Crippen LogP contribution in [0, 0.1) is 0 Å². The SMILES string of the molecule is C1=C2B(Nc3cc4c(cc31)NB1C(=C4)c3ccccc3-c3ccccc31)c1ccccc1-c1ccccc12. The van der Waals surface area contributed by atoms with Gasteiger partial charge in [0.2, 0.25) is 0 Å². The van der Waals surface area contributed by atoms with Gasteiger partial charge in [0.15, 0.2) is 0 Å². The highest BCUT2D eigenvalue weighted by Crippen LogP contribution is 2.44. The fourth-order valence-corrected chi connectivity index (χ4v) is 6.97. The lowest BCUT2D eigenvalue weighted by Crippen LogP contribution is -2.46. The number of anilines is 2. The van der Waals surface area contributed by atoms with E-state index in [2.05, 4.69) is 132 Å². The summed E-state index contributed by atoms with van der Waals surface area (Å²) in [5.74, 6) is 0. The van der Waals surface area contributed by atoms with Crippen LogP contribution in [0.1, 0.15) is 22.3 Å². The van der Waals surface area contributed by atoms with Crippen molar-refractivity contribution < 1.29 is 0 Å². The van der Waals surface area contributed by atoms with Gasteiger partial charge in [-0.3, -0.25) is 0 Å². The van der Waals surface area contributed by atoms with Gasteiger partial charge in [0, 0.05) is 11.4 Å². The fraction of sp³-hybridized carbons (Fsp3) is 0. The first kappa shape index (κ1) is 20.4. The number of rotatable bonds is 0. The van der Waals surface area contributed by atoms with E-state index in [-0.39, 0.29) is 13.7 Å². The van der Waals surface area contributed by atoms with Crippen molar-refractivity contribution in [3.05, 3.63) is 131 Å². The van der Waals surface area contributed by atoms with E-state index in [9.17, 15) is 0 Å². The molecule has 4 heterocycles. The Kier molecular flexibility index (Phi) is 3.98. The molecule has 5 aromatic rings. The molecular weight excluding hydrogens is 458 g/mol. The van der Waals surface area contributed by atoms with Gasteiger partial charge in [0.05, 0.1) is 0 Å². The highest BCUT2D eigenvalue weighted by Gasteiger charge is 2.38. The second-order valence-corrected chi connectivity index (χ2v) is 10.6. The van der Waals surface area contributed by atoms with Gasteiger partial charge in [-0.05, 0) is 78.5 Å². The Morgan fingerprint density at radius 1 is 0.395 bits per heavy atom. The zero-order chi connectivity index (χ0) is 24.8. The predicted molar refractivity (Wildman–Crippen MR) is 164 cm³/mol. The molecule has 38 heavy (non-hydrogen) atoms. The number of hydrogen-bond acceptors (Lipinski definition) is 2. The second-order valence-electron chi connectivity index (χ2n) is 10.6. The topological polar surface area (TPSA) is 24.1 Å². The maximum atomic E-state index is 3.93. The molecule has 4 heteroatoms. The number of fused-ring (bicyclic) bond motifs is 14. The molecule has 4 aliphatic heterocycles. The lowest BCUT2D eigenvalue weighted by molar-refractivity contribution is 1.51. The van der Waals surface area contributed by atoms with Gasteiger partial charge in [-0.25, -0.2) is 0 Å². The summed E-state index contributed by atoms with van der Waals surface area (Å²) in [5, 5.41) is 7.86. The fourth-order valence-electron chi connectivity index (χ4n) is 6.97. The third-order valence-electron chi connectivity index (χ3n) is 8.67. The summed E-state index contributed by atoms with van der Waals surface area (Å²) in [7, 11) is 0. The summed E-state index contributed by atoms with van der Waals surface area (Å²) in [5.41, 5.74) is 18.1. The minimum absolute atomic E-state index is 0.144. The minimum atomic E-state index is 0.144. The van der Waals surface area contributed by atoms with Crippen LogP contribution in [0.5, 0.6) is 0 Å². The summed E-state index contributed by atoms with van der Waals surface area (Å²) in [6, 6.07) is 39.9. The molecule has 0 unspecified atom stereocenters. The van der Waals surface area contributed by atoms with Crippen molar-refractivity contribution in [2.45, 2.75) is 0 Å². The Balaban J connectivity index is 1.23. The van der Waals surface area contributed by atoms with Crippen LogP contribution < -0.4 is 21.4 Å². The molecule has 5 aromatic carbocycles. The molecule has 0 fully saturated rings. The van der Waals surface area contributed by atoms with Crippen molar-refractivity contribution in [2.75, 3.05) is 10.5 Å². The summed E-state index contributed by atoms with van der Waals surface area (Å²) in [6.45, 7) is 0.289. The normalized spacial score (nSPS) is 14.9. The largest absolute Gasteiger partial charge is 0.420 e. The Morgan fingerprint density at radius 3 is 1.21 bits per heavy atom. The Hall–Kier alpha value is -4.69. The molecule has 0 atom stereocenters. The zero-order valence-electron chi connectivity index (χ0n) is 20.7. The third-order valence-corrected chi connectivity index (χ3v) is 8.67. The van der Waals surface area contributed by atoms with E-state index >= 15 is 0 Å². The Morgan fingerprint density at radius 2 is 0.763 bits per heavy atom. The van der Waals surface area contributed by atoms with Gasteiger partial charge in [-0.2, -0.15) is 0 Å². The first-order valence-electron chi connectivity index (χ1n) is 13.4. The Bertz CT molecular complexity index is 1760. The van der Waals surface area contributed by atoms with E-state index in [0.717, 1.165) is 0 Å². The molecule has 0 saturated carbocycles. The van der Waals surface area contributed by atoms with Crippen molar-refractivity contribution in [1.29, 1.82) is 0 Å². The molecule has 9 rings (SSSR count). The van der Waals surface area contributed by atoms with Crippen LogP contribution >= 0.6 is 0 Å². The molecule has 174 valence electrons. The average Bonchev–Trinajstić information content (AvgIpc) is 2.99. The first-order valence-corrected chi connectivity index (χ1v) is 13.4. The van der Waals surface area contributed by atoms with Gasteiger partial charge >= 0.3 is 13.7 Å². The predicted octanol–water partition coefficient (Wildman–Crippen LogP) is 6.46. The molecule has 0 amide bonds. The third kappa shape index (κ3) is 2.70. The lowest BCUT2D eigenvalue weighted by Gasteiger charge is -2.35. The van der Waals surface area contributed by atoms with E-state index in [1.54, 1.807) is 0 Å². The van der Waals surface area contributed by atoms with Crippen LogP contribution in [0.3, 0.4) is 0 Å². The van der Waals surface area contributed by atoms with Crippen LogP contribution in [-0.2, 0) is 0 Å². The molecule has 0 spiro atoms. The minimum Gasteiger partial charge on any atom is -0.420 e. The van der Waals surface area contributed by atoms with Crippen molar-refractivity contribution >= 4 is 59.1 Å². The van der Waals surface area contributed by atoms with Crippen LogP contribution in [0.4, 0.5) is 11.4 Å². The van der Waals surface area contributed by atoms with Gasteiger partial charge < -0.3 is 10.5 Å². The van der Waals surface area contributed by atoms with E-state index in [4.69, 9.17) is 0 Å². The standard InChI is InChI=1S/C34H22B2N2/c1-3-13-27-23(9-1)25-11-5-7-15-29(25)35-31(27)17-21-19-34-22(20-33(21)37-35)18-32-28-14-4-2-10-24(28)26-12-6-8-16-30(26)36(32)38-34/h1-20,37-38H. The molecule has 4 aliphatic rings. The summed E-state index contributed by atoms with van der Waals surface area (Å²) >= 11 is 0. The van der Waals surface area contributed by atoms with Crippen molar-refractivity contribution in [1.82, 2.24) is 0 Å². The highest BCUT2D eigenvalue weighted by atomic mass is 14.8. The quantitative estimate of drug-likeness (QED) is 0.249. The molecule has 0 aromatic heterocycles. The van der Waals surface area contributed by atoms with E-state index in [1.165, 1.54) is 77.8 Å². The molecule has 2 nitrogen and oxygen atoms in total. The maximum absolute atomic E-state index is 3.93. The van der Waals surface area contributed by atoms with Gasteiger partial charge in [-0.1, -0.05) is 109 Å². The number of benzene rings is 5. The molecular formula is C34H22B2N2. The zero-order valence-corrected chi connectivity index (χ0v) is 20.7. The van der Waals surface area contributed by atoms with Crippen LogP contribution in [0.15, 0.2) is 109 Å². The smallest absolute Gasteiger partial charge is 0.322 e. The number of nitrogens with one attached hydrogen (secondary N) is 2. The molecule has 0 radical (unpaired) electrons. The van der Waals surface area contributed by atoms with Crippen molar-refractivity contribution in [3.8, 4) is 22.3 Å². The van der Waals surface area contributed by atoms with Gasteiger partial charge in [0.25, 0.3) is 0 Å². The van der Waals surface area contributed by atoms with Crippen LogP contribution in [-0.4, -0.2) is 13.7 Å². The summed E-state index contributed by atoms with van der Waals surface area (Å²) < 4.78 is 0. The van der Waals surface area contributed by atoms with E-state index in [1.807, 2.05) is 0 Å². The molecule has 0 saturated heterocycles.